The van der Waals surface area contributed by atoms with Crippen LogP contribution in [0, 0.1) is 0 Å². The van der Waals surface area contributed by atoms with Crippen molar-refractivity contribution in [3.05, 3.63) is 0 Å². The molecule has 0 rings (SSSR count). The van der Waals surface area contributed by atoms with Gasteiger partial charge in [-0.1, -0.05) is 19.8 Å². The van der Waals surface area contributed by atoms with Crippen LogP contribution in [0.25, 0.3) is 0 Å². The number of aliphatic imine (C=N–C) groups is 1. The number of hydrogen-bond acceptors (Lipinski definition) is 2. The van der Waals surface area contributed by atoms with Gasteiger partial charge in [-0.2, -0.15) is 17.6 Å². The van der Waals surface area contributed by atoms with Gasteiger partial charge in [0, 0.05) is 12.8 Å². The maximum absolute atomic E-state index is 13.1. The van der Waals surface area contributed by atoms with Gasteiger partial charge in [-0.25, -0.2) is 9.79 Å². The summed E-state index contributed by atoms with van der Waals surface area (Å²) in [6.07, 6.45) is 0.338. The number of hydrogen-bond donors (Lipinski definition) is 0. The van der Waals surface area contributed by atoms with Crippen molar-refractivity contribution < 1.29 is 22.4 Å². The molecule has 0 fully saturated rings. The Kier molecular flexibility index (Phi) is 6.26. The largest absolute Gasteiger partial charge is 0.312 e. The molecule has 0 aliphatic rings. The monoisotopic (exact) mass is 241 g/mol. The summed E-state index contributed by atoms with van der Waals surface area (Å²) in [5, 5.41) is 0. The Balaban J connectivity index is 4.26. The highest BCUT2D eigenvalue weighted by Gasteiger charge is 2.54. The first-order chi connectivity index (χ1) is 7.37. The lowest BCUT2D eigenvalue weighted by atomic mass is 10.0. The highest BCUT2D eigenvalue weighted by molar-refractivity contribution is 5.32. The number of halogens is 4. The zero-order valence-corrected chi connectivity index (χ0v) is 9.11. The van der Waals surface area contributed by atoms with Crippen LogP contribution >= 0.6 is 0 Å². The molecule has 0 aliphatic carbocycles. The average Bonchev–Trinajstić information content (AvgIpc) is 2.18. The topological polar surface area (TPSA) is 29.4 Å². The van der Waals surface area contributed by atoms with E-state index in [-0.39, 0.29) is 6.42 Å². The molecule has 0 radical (unpaired) electrons. The third-order valence-electron chi connectivity index (χ3n) is 2.23. The summed E-state index contributed by atoms with van der Waals surface area (Å²) in [6, 6.07) is 0. The van der Waals surface area contributed by atoms with Crippen LogP contribution in [-0.4, -0.2) is 24.5 Å². The van der Waals surface area contributed by atoms with Crippen molar-refractivity contribution in [1.82, 2.24) is 0 Å². The first-order valence-electron chi connectivity index (χ1n) is 5.16. The first kappa shape index (κ1) is 15.1. The van der Waals surface area contributed by atoms with Gasteiger partial charge >= 0.3 is 11.8 Å². The van der Waals surface area contributed by atoms with E-state index in [0.29, 0.717) is 12.8 Å². The maximum atomic E-state index is 13.1. The summed E-state index contributed by atoms with van der Waals surface area (Å²) in [4.78, 5) is 12.5. The molecular weight excluding hydrogens is 226 g/mol. The van der Waals surface area contributed by atoms with Crippen LogP contribution < -0.4 is 0 Å². The van der Waals surface area contributed by atoms with E-state index in [2.05, 4.69) is 4.99 Å². The fourth-order valence-corrected chi connectivity index (χ4v) is 1.20. The van der Waals surface area contributed by atoms with Crippen LogP contribution in [-0.2, 0) is 4.79 Å². The van der Waals surface area contributed by atoms with Gasteiger partial charge in [0.05, 0.1) is 6.54 Å². The molecule has 6 heteroatoms. The first-order valence-corrected chi connectivity index (χ1v) is 5.16. The highest BCUT2D eigenvalue weighted by atomic mass is 19.3. The van der Waals surface area contributed by atoms with Crippen molar-refractivity contribution in [2.45, 2.75) is 50.9 Å². The van der Waals surface area contributed by atoms with Crippen molar-refractivity contribution in [2.24, 2.45) is 4.99 Å². The maximum Gasteiger partial charge on any atom is 0.312 e. The molecule has 0 heterocycles. The zero-order valence-electron chi connectivity index (χ0n) is 9.11. The summed E-state index contributed by atoms with van der Waals surface area (Å²) in [6.45, 7) is 1.18. The molecule has 0 aromatic carbocycles. The second kappa shape index (κ2) is 6.63. The van der Waals surface area contributed by atoms with Crippen LogP contribution in [0.4, 0.5) is 17.6 Å². The molecular formula is C10H15F4NO. The second-order valence-electron chi connectivity index (χ2n) is 3.59. The van der Waals surface area contributed by atoms with Crippen LogP contribution in [0.1, 0.15) is 39.0 Å². The predicted octanol–water partition coefficient (Wildman–Crippen LogP) is 3.56. The van der Waals surface area contributed by atoms with Gasteiger partial charge in [0.2, 0.25) is 6.08 Å². The molecule has 2 nitrogen and oxygen atoms in total. The summed E-state index contributed by atoms with van der Waals surface area (Å²) in [5.41, 5.74) is 0. The van der Waals surface area contributed by atoms with Crippen LogP contribution in [0.2, 0.25) is 0 Å². The Morgan fingerprint density at radius 3 is 2.12 bits per heavy atom. The van der Waals surface area contributed by atoms with Crippen molar-refractivity contribution in [3.8, 4) is 0 Å². The molecule has 0 bridgehead atoms. The molecule has 0 unspecified atom stereocenters. The van der Waals surface area contributed by atoms with Crippen LogP contribution in [0.5, 0.6) is 0 Å². The van der Waals surface area contributed by atoms with Gasteiger partial charge in [-0.3, -0.25) is 0 Å². The standard InChI is InChI=1S/C10H15F4NO/c1-2-3-4-5-9(11,12)10(13,14)6-7-15-8-16/h2-7H2,1H3. The molecule has 0 amide bonds. The van der Waals surface area contributed by atoms with Gasteiger partial charge in [0.25, 0.3) is 0 Å². The minimum Gasteiger partial charge on any atom is -0.211 e. The Morgan fingerprint density at radius 2 is 1.62 bits per heavy atom. The number of nitrogens with zero attached hydrogens (tertiary/aromatic N) is 1. The molecule has 0 atom stereocenters. The molecule has 0 saturated heterocycles. The average molecular weight is 241 g/mol. The molecule has 0 spiro atoms. The Bertz CT molecular complexity index is 249. The molecule has 0 N–H and O–H groups in total. The van der Waals surface area contributed by atoms with E-state index in [0.717, 1.165) is 6.08 Å². The molecule has 0 aliphatic heterocycles. The Hall–Kier alpha value is -0.900. The van der Waals surface area contributed by atoms with Crippen LogP contribution in [0.15, 0.2) is 4.99 Å². The number of unbranched alkanes of at least 4 members (excludes halogenated alkanes) is 2. The van der Waals surface area contributed by atoms with Gasteiger partial charge in [-0.05, 0) is 6.42 Å². The quantitative estimate of drug-likeness (QED) is 0.276. The minimum absolute atomic E-state index is 0.0655. The summed E-state index contributed by atoms with van der Waals surface area (Å²) < 4.78 is 52.1. The van der Waals surface area contributed by atoms with Crippen molar-refractivity contribution in [1.29, 1.82) is 0 Å². The summed E-state index contributed by atoms with van der Waals surface area (Å²) >= 11 is 0. The van der Waals surface area contributed by atoms with Crippen LogP contribution in [0.3, 0.4) is 0 Å². The SMILES string of the molecule is CCCCCC(F)(F)C(F)(F)CCN=C=O. The van der Waals surface area contributed by atoms with Crippen molar-refractivity contribution >= 4 is 6.08 Å². The molecule has 16 heavy (non-hydrogen) atoms. The van der Waals surface area contributed by atoms with E-state index in [1.807, 2.05) is 0 Å². The predicted molar refractivity (Wildman–Crippen MR) is 51.6 cm³/mol. The molecule has 0 aromatic rings. The van der Waals surface area contributed by atoms with Gasteiger partial charge in [0.1, 0.15) is 0 Å². The van der Waals surface area contributed by atoms with Crippen molar-refractivity contribution in [3.63, 3.8) is 0 Å². The zero-order chi connectivity index (χ0) is 12.7. The number of alkyl halides is 4. The third kappa shape index (κ3) is 4.75. The van der Waals surface area contributed by atoms with E-state index in [1.165, 1.54) is 0 Å². The number of carbonyl (C=O) groups excluding carboxylic acids is 1. The third-order valence-corrected chi connectivity index (χ3v) is 2.23. The lowest BCUT2D eigenvalue weighted by Crippen LogP contribution is -2.40. The van der Waals surface area contributed by atoms with Gasteiger partial charge in [0.15, 0.2) is 0 Å². The van der Waals surface area contributed by atoms with Gasteiger partial charge in [-0.15, -0.1) is 0 Å². The highest BCUT2D eigenvalue weighted by Crippen LogP contribution is 2.40. The second-order valence-corrected chi connectivity index (χ2v) is 3.59. The molecule has 0 aromatic heterocycles. The van der Waals surface area contributed by atoms with Gasteiger partial charge < -0.3 is 0 Å². The fraction of sp³-hybridized carbons (Fsp3) is 0.900. The van der Waals surface area contributed by atoms with E-state index in [1.54, 1.807) is 6.92 Å². The Labute approximate surface area is 91.7 Å². The molecule has 0 saturated carbocycles. The number of rotatable bonds is 8. The number of isocyanates is 1. The molecule has 94 valence electrons. The van der Waals surface area contributed by atoms with Crippen molar-refractivity contribution in [2.75, 3.05) is 6.54 Å². The lowest BCUT2D eigenvalue weighted by Gasteiger charge is -2.25. The lowest BCUT2D eigenvalue weighted by molar-refractivity contribution is -0.214. The van der Waals surface area contributed by atoms with E-state index >= 15 is 0 Å². The summed E-state index contributed by atoms with van der Waals surface area (Å²) in [7, 11) is 0. The van der Waals surface area contributed by atoms with E-state index < -0.39 is 31.2 Å². The Morgan fingerprint density at radius 1 is 1.06 bits per heavy atom. The summed E-state index contributed by atoms with van der Waals surface area (Å²) in [5.74, 6) is -8.14. The smallest absolute Gasteiger partial charge is 0.211 e. The normalized spacial score (nSPS) is 12.3. The fourth-order valence-electron chi connectivity index (χ4n) is 1.20. The van der Waals surface area contributed by atoms with E-state index in [9.17, 15) is 22.4 Å². The minimum atomic E-state index is -4.11. The van der Waals surface area contributed by atoms with E-state index in [4.69, 9.17) is 0 Å².